The molecule has 38 heavy (non-hydrogen) atoms. The Bertz CT molecular complexity index is 1520. The summed E-state index contributed by atoms with van der Waals surface area (Å²) in [4.78, 5) is 39.1. The molecule has 0 aliphatic carbocycles. The Balaban J connectivity index is 1.82. The molecule has 15 heteroatoms. The fourth-order valence-corrected chi connectivity index (χ4v) is 3.29. The highest BCUT2D eigenvalue weighted by Crippen LogP contribution is 2.36. The highest BCUT2D eigenvalue weighted by molar-refractivity contribution is 5.97. The van der Waals surface area contributed by atoms with E-state index in [0.717, 1.165) is 42.6 Å². The zero-order valence-corrected chi connectivity index (χ0v) is 18.7. The summed E-state index contributed by atoms with van der Waals surface area (Å²) in [7, 11) is 0. The van der Waals surface area contributed by atoms with Crippen LogP contribution < -0.4 is 10.6 Å². The number of hydrogen-bond donors (Lipinski definition) is 3. The number of anilines is 2. The standard InChI is InChI=1S/C23H14F6N6O3/c24-22(25,26)11-3-5-12(6-4-11)32-18-13-7-8-15(17-14(23(27,28)29)2-1-9-30-17)33-19(13)35-20(34-18)21(38)31-10-16(36)37/h1-9H,10H2,(H,31,38)(H,36,37)(H,32,33,34,35). The predicted octanol–water partition coefficient (Wildman–Crippen LogP) is 4.68. The molecule has 3 aromatic heterocycles. The van der Waals surface area contributed by atoms with Gasteiger partial charge in [0.15, 0.2) is 5.65 Å². The summed E-state index contributed by atoms with van der Waals surface area (Å²) in [5.41, 5.74) is -2.85. The molecular formula is C23H14F6N6O3. The molecule has 0 aliphatic heterocycles. The lowest BCUT2D eigenvalue weighted by Gasteiger charge is -2.14. The zero-order chi connectivity index (χ0) is 27.7. The van der Waals surface area contributed by atoms with Crippen molar-refractivity contribution in [3.63, 3.8) is 0 Å². The Kier molecular flexibility index (Phi) is 6.85. The van der Waals surface area contributed by atoms with Gasteiger partial charge in [-0.3, -0.25) is 14.6 Å². The number of pyridine rings is 2. The molecule has 196 valence electrons. The van der Waals surface area contributed by atoms with Crippen LogP contribution in [0.2, 0.25) is 0 Å². The van der Waals surface area contributed by atoms with Crippen molar-refractivity contribution < 1.29 is 41.0 Å². The number of fused-ring (bicyclic) bond motifs is 1. The average Bonchev–Trinajstić information content (AvgIpc) is 2.86. The van der Waals surface area contributed by atoms with E-state index in [1.54, 1.807) is 0 Å². The van der Waals surface area contributed by atoms with Crippen LogP contribution in [0.5, 0.6) is 0 Å². The number of carboxylic acids is 1. The van der Waals surface area contributed by atoms with E-state index in [1.165, 1.54) is 12.1 Å². The number of aromatic nitrogens is 4. The molecule has 3 heterocycles. The number of amides is 1. The summed E-state index contributed by atoms with van der Waals surface area (Å²) in [5, 5.41) is 13.7. The smallest absolute Gasteiger partial charge is 0.418 e. The van der Waals surface area contributed by atoms with Crippen molar-refractivity contribution in [1.29, 1.82) is 0 Å². The zero-order valence-electron chi connectivity index (χ0n) is 18.7. The minimum Gasteiger partial charge on any atom is -0.480 e. The van der Waals surface area contributed by atoms with Crippen molar-refractivity contribution in [2.24, 2.45) is 0 Å². The maximum atomic E-state index is 13.5. The first kappa shape index (κ1) is 26.2. The quantitative estimate of drug-likeness (QED) is 0.303. The lowest BCUT2D eigenvalue weighted by atomic mass is 10.1. The first-order valence-corrected chi connectivity index (χ1v) is 10.5. The number of alkyl halides is 6. The van der Waals surface area contributed by atoms with Crippen LogP contribution in [0.15, 0.2) is 54.7 Å². The van der Waals surface area contributed by atoms with E-state index >= 15 is 0 Å². The van der Waals surface area contributed by atoms with Crippen molar-refractivity contribution in [1.82, 2.24) is 25.3 Å². The maximum Gasteiger partial charge on any atom is 0.418 e. The summed E-state index contributed by atoms with van der Waals surface area (Å²) < 4.78 is 79.2. The van der Waals surface area contributed by atoms with Crippen molar-refractivity contribution in [3.8, 4) is 11.4 Å². The van der Waals surface area contributed by atoms with Crippen LogP contribution in [0, 0.1) is 0 Å². The van der Waals surface area contributed by atoms with Crippen LogP contribution in [0.4, 0.5) is 37.8 Å². The van der Waals surface area contributed by atoms with Crippen LogP contribution in [-0.4, -0.2) is 43.5 Å². The second-order valence-electron chi connectivity index (χ2n) is 7.64. The van der Waals surface area contributed by atoms with Crippen molar-refractivity contribution in [2.75, 3.05) is 11.9 Å². The second-order valence-corrected chi connectivity index (χ2v) is 7.64. The number of nitrogens with one attached hydrogen (secondary N) is 2. The van der Waals surface area contributed by atoms with Crippen LogP contribution >= 0.6 is 0 Å². The lowest BCUT2D eigenvalue weighted by molar-refractivity contribution is -0.138. The molecule has 0 bridgehead atoms. The fourth-order valence-electron chi connectivity index (χ4n) is 3.29. The Labute approximate surface area is 208 Å². The molecule has 0 aliphatic rings. The molecule has 0 unspecified atom stereocenters. The lowest BCUT2D eigenvalue weighted by Crippen LogP contribution is -2.30. The predicted molar refractivity (Wildman–Crippen MR) is 120 cm³/mol. The number of hydrogen-bond acceptors (Lipinski definition) is 7. The van der Waals surface area contributed by atoms with E-state index in [2.05, 4.69) is 25.3 Å². The van der Waals surface area contributed by atoms with Crippen LogP contribution in [0.25, 0.3) is 22.4 Å². The number of nitrogens with zero attached hydrogens (tertiary/aromatic N) is 4. The molecule has 0 radical (unpaired) electrons. The summed E-state index contributed by atoms with van der Waals surface area (Å²) in [6.45, 7) is -0.780. The third-order valence-electron chi connectivity index (χ3n) is 4.99. The van der Waals surface area contributed by atoms with E-state index in [1.807, 2.05) is 5.32 Å². The third kappa shape index (κ3) is 5.77. The van der Waals surface area contributed by atoms with Gasteiger partial charge in [-0.15, -0.1) is 0 Å². The Morgan fingerprint density at radius 2 is 1.58 bits per heavy atom. The number of aliphatic carboxylic acids is 1. The molecule has 4 rings (SSSR count). The molecule has 4 aromatic rings. The van der Waals surface area contributed by atoms with E-state index in [-0.39, 0.29) is 28.2 Å². The number of carboxylic acid groups (broad SMARTS) is 1. The first-order valence-electron chi connectivity index (χ1n) is 10.5. The summed E-state index contributed by atoms with van der Waals surface area (Å²) in [5.74, 6) is -3.11. The van der Waals surface area contributed by atoms with Gasteiger partial charge < -0.3 is 15.7 Å². The molecule has 9 nitrogen and oxygen atoms in total. The van der Waals surface area contributed by atoms with Crippen LogP contribution in [-0.2, 0) is 17.1 Å². The van der Waals surface area contributed by atoms with Gasteiger partial charge >= 0.3 is 18.3 Å². The normalized spacial score (nSPS) is 11.8. The molecule has 1 amide bonds. The van der Waals surface area contributed by atoms with Gasteiger partial charge in [-0.1, -0.05) is 0 Å². The highest BCUT2D eigenvalue weighted by Gasteiger charge is 2.35. The van der Waals surface area contributed by atoms with E-state index < -0.39 is 53.4 Å². The SMILES string of the molecule is O=C(O)CNC(=O)c1nc(Nc2ccc(C(F)(F)F)cc2)c2ccc(-c3ncccc3C(F)(F)F)nc2n1. The monoisotopic (exact) mass is 536 g/mol. The van der Waals surface area contributed by atoms with Crippen molar-refractivity contribution in [3.05, 3.63) is 71.7 Å². The van der Waals surface area contributed by atoms with Gasteiger partial charge in [0.05, 0.1) is 22.2 Å². The Hall–Kier alpha value is -4.82. The van der Waals surface area contributed by atoms with Gasteiger partial charge in [-0.05, 0) is 48.5 Å². The molecular weight excluding hydrogens is 522 g/mol. The van der Waals surface area contributed by atoms with Crippen molar-refractivity contribution >= 4 is 34.4 Å². The number of carbonyl (C=O) groups is 2. The first-order chi connectivity index (χ1) is 17.8. The van der Waals surface area contributed by atoms with Crippen LogP contribution in [0.1, 0.15) is 21.7 Å². The topological polar surface area (TPSA) is 130 Å². The third-order valence-corrected chi connectivity index (χ3v) is 4.99. The van der Waals surface area contributed by atoms with Gasteiger partial charge in [0, 0.05) is 11.9 Å². The maximum absolute atomic E-state index is 13.5. The molecule has 0 saturated heterocycles. The van der Waals surface area contributed by atoms with Gasteiger partial charge in [-0.25, -0.2) is 15.0 Å². The fraction of sp³-hybridized carbons (Fsp3) is 0.130. The molecule has 0 spiro atoms. The molecule has 3 N–H and O–H groups in total. The van der Waals surface area contributed by atoms with Crippen LogP contribution in [0.3, 0.4) is 0 Å². The summed E-state index contributed by atoms with van der Waals surface area (Å²) >= 11 is 0. The van der Waals surface area contributed by atoms with E-state index in [9.17, 15) is 35.9 Å². The van der Waals surface area contributed by atoms with Crippen molar-refractivity contribution in [2.45, 2.75) is 12.4 Å². The molecule has 0 fully saturated rings. The molecule has 1 aromatic carbocycles. The number of carbonyl (C=O) groups excluding carboxylic acids is 1. The van der Waals surface area contributed by atoms with Gasteiger partial charge in [0.1, 0.15) is 18.1 Å². The minimum absolute atomic E-state index is 0.105. The Morgan fingerprint density at radius 3 is 2.21 bits per heavy atom. The summed E-state index contributed by atoms with van der Waals surface area (Å²) in [6.07, 6.45) is -8.18. The number of benzene rings is 1. The molecule has 0 atom stereocenters. The largest absolute Gasteiger partial charge is 0.480 e. The summed E-state index contributed by atoms with van der Waals surface area (Å²) in [6, 6.07) is 8.26. The minimum atomic E-state index is -4.75. The number of rotatable bonds is 6. The van der Waals surface area contributed by atoms with Gasteiger partial charge in [0.2, 0.25) is 5.82 Å². The second kappa shape index (κ2) is 9.91. The van der Waals surface area contributed by atoms with E-state index in [4.69, 9.17) is 5.11 Å². The Morgan fingerprint density at radius 1 is 0.868 bits per heavy atom. The van der Waals surface area contributed by atoms with E-state index in [0.29, 0.717) is 0 Å². The average molecular weight is 536 g/mol. The number of halogens is 6. The van der Waals surface area contributed by atoms with Gasteiger partial charge in [-0.2, -0.15) is 26.3 Å². The molecule has 0 saturated carbocycles. The highest BCUT2D eigenvalue weighted by atomic mass is 19.4. The van der Waals surface area contributed by atoms with Gasteiger partial charge in [0.25, 0.3) is 5.91 Å².